The molecule has 6 heteroatoms. The van der Waals surface area contributed by atoms with Crippen LogP contribution in [0.3, 0.4) is 0 Å². The summed E-state index contributed by atoms with van der Waals surface area (Å²) in [5, 5.41) is 0.0563. The number of halogens is 2. The lowest BCUT2D eigenvalue weighted by atomic mass is 9.95. The summed E-state index contributed by atoms with van der Waals surface area (Å²) in [6.07, 6.45) is 0.731. The lowest BCUT2D eigenvalue weighted by Crippen LogP contribution is -2.21. The van der Waals surface area contributed by atoms with Crippen LogP contribution in [0.25, 0.3) is 0 Å². The molecule has 0 saturated heterocycles. The summed E-state index contributed by atoms with van der Waals surface area (Å²) in [7, 11) is 4.80. The highest BCUT2D eigenvalue weighted by atomic mass is 31.1. The number of hydrogen-bond acceptors (Lipinski definition) is 3. The second-order valence-corrected chi connectivity index (χ2v) is 7.74. The molecule has 2 aromatic carbocycles. The van der Waals surface area contributed by atoms with Crippen molar-refractivity contribution in [2.45, 2.75) is 25.4 Å². The quantitative estimate of drug-likeness (QED) is 0.668. The topological polar surface area (TPSA) is 27.7 Å². The van der Waals surface area contributed by atoms with Gasteiger partial charge in [-0.1, -0.05) is 22.4 Å². The molecule has 136 valence electrons. The third-order valence-corrected chi connectivity index (χ3v) is 6.18. The highest BCUT2D eigenvalue weighted by Crippen LogP contribution is 2.51. The molecule has 2 unspecified atom stereocenters. The van der Waals surface area contributed by atoms with E-state index in [1.807, 2.05) is 19.9 Å². The molecule has 0 heterocycles. The minimum atomic E-state index is -0.579. The van der Waals surface area contributed by atoms with E-state index in [1.165, 1.54) is 12.1 Å². The lowest BCUT2D eigenvalue weighted by Gasteiger charge is -2.31. The highest BCUT2D eigenvalue weighted by Gasteiger charge is 2.32. The normalized spacial score (nSPS) is 13.7. The molecule has 0 aliphatic heterocycles. The number of methoxy groups -OCH3 is 3. The van der Waals surface area contributed by atoms with E-state index in [-0.39, 0.29) is 8.58 Å². The Morgan fingerprint density at radius 2 is 1.72 bits per heavy atom. The second kappa shape index (κ2) is 8.01. The van der Waals surface area contributed by atoms with Gasteiger partial charge in [0, 0.05) is 28.2 Å². The van der Waals surface area contributed by atoms with Crippen LogP contribution in [0.5, 0.6) is 17.2 Å². The van der Waals surface area contributed by atoms with Gasteiger partial charge in [-0.2, -0.15) is 0 Å². The Morgan fingerprint density at radius 1 is 1.00 bits per heavy atom. The van der Waals surface area contributed by atoms with Crippen molar-refractivity contribution < 1.29 is 23.0 Å². The molecule has 0 spiro atoms. The van der Waals surface area contributed by atoms with E-state index in [0.29, 0.717) is 22.6 Å². The van der Waals surface area contributed by atoms with E-state index in [4.69, 9.17) is 14.2 Å². The molecule has 0 saturated carbocycles. The van der Waals surface area contributed by atoms with E-state index >= 15 is 0 Å². The van der Waals surface area contributed by atoms with Crippen LogP contribution >= 0.6 is 8.58 Å². The van der Waals surface area contributed by atoms with Crippen LogP contribution in [-0.4, -0.2) is 21.3 Å². The van der Waals surface area contributed by atoms with Crippen LogP contribution in [0.15, 0.2) is 30.3 Å². The number of hydrogen-bond donors (Lipinski definition) is 0. The van der Waals surface area contributed by atoms with Crippen LogP contribution in [0.2, 0.25) is 0 Å². The third kappa shape index (κ3) is 4.04. The Morgan fingerprint density at radius 3 is 2.24 bits per heavy atom. The molecular formula is C19H23F2O3P. The smallest absolute Gasteiger partial charge is 0.165 e. The predicted molar refractivity (Wildman–Crippen MR) is 98.0 cm³/mol. The molecule has 2 atom stereocenters. The number of rotatable bonds is 7. The van der Waals surface area contributed by atoms with E-state index in [2.05, 4.69) is 0 Å². The van der Waals surface area contributed by atoms with Gasteiger partial charge in [0.2, 0.25) is 0 Å². The fourth-order valence-electron chi connectivity index (χ4n) is 2.70. The maximum atomic E-state index is 14.2. The summed E-state index contributed by atoms with van der Waals surface area (Å²) < 4.78 is 43.8. The summed E-state index contributed by atoms with van der Waals surface area (Å²) >= 11 is 0. The molecule has 0 amide bonds. The van der Waals surface area contributed by atoms with Crippen molar-refractivity contribution in [3.05, 3.63) is 47.5 Å². The molecule has 0 N–H and O–H groups in total. The first kappa shape index (κ1) is 19.5. The standard InChI is InChI=1S/C19H23F2O3P/c1-6-19(2,25-17-8-7-12(20)9-15(17)21)14-10-13(22-3)11-16(23-4)18(14)24-5/h7-11,25H,6H2,1-5H3. The van der Waals surface area contributed by atoms with Gasteiger partial charge in [-0.3, -0.25) is 0 Å². The van der Waals surface area contributed by atoms with Crippen LogP contribution in [0.1, 0.15) is 25.8 Å². The largest absolute Gasteiger partial charge is 0.497 e. The van der Waals surface area contributed by atoms with Crippen LogP contribution < -0.4 is 19.5 Å². The maximum Gasteiger partial charge on any atom is 0.165 e. The predicted octanol–water partition coefficient (Wildman–Crippen LogP) is 4.62. The first-order chi connectivity index (χ1) is 11.9. The third-order valence-electron chi connectivity index (χ3n) is 4.33. The highest BCUT2D eigenvalue weighted by molar-refractivity contribution is 7.48. The Labute approximate surface area is 149 Å². The first-order valence-corrected chi connectivity index (χ1v) is 8.92. The lowest BCUT2D eigenvalue weighted by molar-refractivity contribution is 0.341. The van der Waals surface area contributed by atoms with Gasteiger partial charge in [-0.05, 0) is 24.6 Å². The van der Waals surface area contributed by atoms with E-state index in [9.17, 15) is 8.78 Å². The Kier molecular flexibility index (Phi) is 6.23. The van der Waals surface area contributed by atoms with E-state index in [1.54, 1.807) is 27.4 Å². The van der Waals surface area contributed by atoms with E-state index in [0.717, 1.165) is 18.1 Å². The van der Waals surface area contributed by atoms with Crippen LogP contribution in [0, 0.1) is 11.6 Å². The molecule has 2 rings (SSSR count). The van der Waals surface area contributed by atoms with Crippen molar-refractivity contribution in [1.29, 1.82) is 0 Å². The van der Waals surface area contributed by atoms with E-state index < -0.39 is 16.8 Å². The van der Waals surface area contributed by atoms with Crippen molar-refractivity contribution >= 4 is 13.9 Å². The van der Waals surface area contributed by atoms with Gasteiger partial charge in [0.05, 0.1) is 21.3 Å². The zero-order chi connectivity index (χ0) is 18.6. The van der Waals surface area contributed by atoms with Crippen molar-refractivity contribution in [2.24, 2.45) is 0 Å². The molecule has 0 aromatic heterocycles. The summed E-state index contributed by atoms with van der Waals surface area (Å²) in [5.74, 6) is 0.678. The molecule has 0 fully saturated rings. The minimum Gasteiger partial charge on any atom is -0.497 e. The summed E-state index contributed by atoms with van der Waals surface area (Å²) in [4.78, 5) is 0. The summed E-state index contributed by atoms with van der Waals surface area (Å²) in [6.45, 7) is 4.06. The molecule has 0 radical (unpaired) electrons. The fourth-order valence-corrected chi connectivity index (χ4v) is 4.15. The Bertz CT molecular complexity index is 752. The van der Waals surface area contributed by atoms with Gasteiger partial charge in [0.25, 0.3) is 0 Å². The van der Waals surface area contributed by atoms with Gasteiger partial charge in [-0.25, -0.2) is 8.78 Å². The zero-order valence-electron chi connectivity index (χ0n) is 15.1. The molecular weight excluding hydrogens is 345 g/mol. The van der Waals surface area contributed by atoms with Crippen LogP contribution in [0.4, 0.5) is 8.78 Å². The summed E-state index contributed by atoms with van der Waals surface area (Å²) in [6, 6.07) is 7.34. The number of benzene rings is 2. The summed E-state index contributed by atoms with van der Waals surface area (Å²) in [5.41, 5.74) is 0.871. The van der Waals surface area contributed by atoms with Crippen molar-refractivity contribution in [2.75, 3.05) is 21.3 Å². The van der Waals surface area contributed by atoms with Crippen molar-refractivity contribution in [3.8, 4) is 17.2 Å². The van der Waals surface area contributed by atoms with Gasteiger partial charge >= 0.3 is 0 Å². The van der Waals surface area contributed by atoms with Gasteiger partial charge in [0.15, 0.2) is 11.5 Å². The molecule has 0 aliphatic rings. The molecule has 3 nitrogen and oxygen atoms in total. The molecule has 0 bridgehead atoms. The molecule has 25 heavy (non-hydrogen) atoms. The first-order valence-electron chi connectivity index (χ1n) is 7.92. The molecule has 2 aromatic rings. The number of ether oxygens (including phenoxy) is 3. The van der Waals surface area contributed by atoms with Crippen LogP contribution in [-0.2, 0) is 5.16 Å². The molecule has 0 aliphatic carbocycles. The fraction of sp³-hybridized carbons (Fsp3) is 0.368. The van der Waals surface area contributed by atoms with Gasteiger partial charge < -0.3 is 14.2 Å². The van der Waals surface area contributed by atoms with Gasteiger partial charge in [-0.15, -0.1) is 0 Å². The zero-order valence-corrected chi connectivity index (χ0v) is 16.1. The SMILES string of the molecule is CCC(C)(Pc1ccc(F)cc1F)c1cc(OC)cc(OC)c1OC. The minimum absolute atomic E-state index is 0.0834. The Balaban J connectivity index is 2.57. The average Bonchev–Trinajstić information content (AvgIpc) is 2.62. The van der Waals surface area contributed by atoms with Crippen molar-refractivity contribution in [1.82, 2.24) is 0 Å². The Hall–Kier alpha value is -1.87. The van der Waals surface area contributed by atoms with Gasteiger partial charge in [0.1, 0.15) is 17.4 Å². The van der Waals surface area contributed by atoms with Crippen molar-refractivity contribution in [3.63, 3.8) is 0 Å². The maximum absolute atomic E-state index is 14.2. The average molecular weight is 368 g/mol. The second-order valence-electron chi connectivity index (χ2n) is 5.85. The monoisotopic (exact) mass is 368 g/mol.